The Bertz CT molecular complexity index is 1050. The number of piperazine rings is 1. The third-order valence-electron chi connectivity index (χ3n) is 5.87. The molecule has 9 nitrogen and oxygen atoms in total. The van der Waals surface area contributed by atoms with Crippen molar-refractivity contribution >= 4 is 23.7 Å². The normalized spacial score (nSPS) is 14.5. The van der Waals surface area contributed by atoms with Crippen LogP contribution in [0.2, 0.25) is 0 Å². The molecule has 0 aliphatic carbocycles. The molecule has 1 aliphatic heterocycles. The van der Waals surface area contributed by atoms with Crippen molar-refractivity contribution in [1.82, 2.24) is 10.2 Å². The molecule has 2 aromatic carbocycles. The first-order valence-electron chi connectivity index (χ1n) is 12.5. The van der Waals surface area contributed by atoms with E-state index < -0.39 is 23.7 Å². The van der Waals surface area contributed by atoms with E-state index in [1.807, 2.05) is 54.6 Å². The lowest BCUT2D eigenvalue weighted by Crippen LogP contribution is -2.55. The van der Waals surface area contributed by atoms with E-state index in [2.05, 4.69) is 10.2 Å². The van der Waals surface area contributed by atoms with Gasteiger partial charge >= 0.3 is 12.1 Å². The van der Waals surface area contributed by atoms with Gasteiger partial charge in [0.05, 0.1) is 7.11 Å². The molecule has 0 unspecified atom stereocenters. The van der Waals surface area contributed by atoms with E-state index in [4.69, 9.17) is 14.2 Å². The minimum Gasteiger partial charge on any atom is -0.497 e. The Morgan fingerprint density at radius 3 is 2.32 bits per heavy atom. The molecule has 0 aromatic heterocycles. The number of alkyl carbamates (subject to hydrolysis) is 1. The number of nitrogens with zero attached hydrogens (tertiary/aromatic N) is 2. The molecule has 1 N–H and O–H groups in total. The first-order chi connectivity index (χ1) is 17.6. The van der Waals surface area contributed by atoms with Crippen LogP contribution >= 0.6 is 0 Å². The van der Waals surface area contributed by atoms with Gasteiger partial charge in [-0.25, -0.2) is 4.79 Å². The van der Waals surface area contributed by atoms with E-state index in [0.29, 0.717) is 26.2 Å². The molecule has 200 valence electrons. The number of rotatable bonds is 9. The fourth-order valence-corrected chi connectivity index (χ4v) is 4.03. The first kappa shape index (κ1) is 27.8. The zero-order valence-electron chi connectivity index (χ0n) is 22.1. The summed E-state index contributed by atoms with van der Waals surface area (Å²) in [6.45, 7) is 7.68. The molecule has 9 heteroatoms. The van der Waals surface area contributed by atoms with Crippen LogP contribution in [0.5, 0.6) is 5.75 Å². The standard InChI is InChI=1S/C28H37N3O6/c1-28(2,3)37-25(32)14-13-24(29-27(34)36-20-21-9-6-5-7-10-21)26(33)31-17-15-30(16-18-31)22-11-8-12-23(19-22)35-4/h5-12,19,24H,13-18,20H2,1-4H3,(H,29,34)/t24-/m0/s1. The number of esters is 1. The second kappa shape index (κ2) is 13.0. The summed E-state index contributed by atoms with van der Waals surface area (Å²) >= 11 is 0. The molecule has 0 saturated carbocycles. The van der Waals surface area contributed by atoms with E-state index in [1.165, 1.54) is 0 Å². The Hall–Kier alpha value is -3.75. The largest absolute Gasteiger partial charge is 0.497 e. The first-order valence-corrected chi connectivity index (χ1v) is 12.5. The molecule has 1 saturated heterocycles. The number of carbonyl (C=O) groups excluding carboxylic acids is 3. The Balaban J connectivity index is 1.60. The second-order valence-corrected chi connectivity index (χ2v) is 9.90. The van der Waals surface area contributed by atoms with Gasteiger partial charge in [0.25, 0.3) is 0 Å². The van der Waals surface area contributed by atoms with E-state index in [9.17, 15) is 14.4 Å². The van der Waals surface area contributed by atoms with Crippen LogP contribution in [-0.4, -0.2) is 67.8 Å². The molecule has 2 amide bonds. The van der Waals surface area contributed by atoms with Gasteiger partial charge in [-0.1, -0.05) is 36.4 Å². The quantitative estimate of drug-likeness (QED) is 0.512. The molecule has 2 aromatic rings. The maximum Gasteiger partial charge on any atom is 0.408 e. The monoisotopic (exact) mass is 511 g/mol. The lowest BCUT2D eigenvalue weighted by Gasteiger charge is -2.37. The Morgan fingerprint density at radius 1 is 0.973 bits per heavy atom. The Labute approximate surface area is 218 Å². The molecule has 1 atom stereocenters. The highest BCUT2D eigenvalue weighted by molar-refractivity contribution is 5.86. The number of benzene rings is 2. The van der Waals surface area contributed by atoms with Gasteiger partial charge in [-0.3, -0.25) is 9.59 Å². The second-order valence-electron chi connectivity index (χ2n) is 9.90. The molecule has 1 heterocycles. The van der Waals surface area contributed by atoms with Gasteiger partial charge in [-0.05, 0) is 44.9 Å². The minimum absolute atomic E-state index is 0.00355. The van der Waals surface area contributed by atoms with Gasteiger partial charge in [-0.15, -0.1) is 0 Å². The molecule has 0 radical (unpaired) electrons. The lowest BCUT2D eigenvalue weighted by atomic mass is 10.1. The topological polar surface area (TPSA) is 97.4 Å². The van der Waals surface area contributed by atoms with E-state index in [1.54, 1.807) is 32.8 Å². The van der Waals surface area contributed by atoms with Crippen LogP contribution in [-0.2, 0) is 25.7 Å². The summed E-state index contributed by atoms with van der Waals surface area (Å²) in [5, 5.41) is 2.67. The SMILES string of the molecule is COc1cccc(N2CCN(C(=O)[C@H](CCC(=O)OC(C)(C)C)NC(=O)OCc3ccccc3)CC2)c1. The summed E-state index contributed by atoms with van der Waals surface area (Å²) in [4.78, 5) is 42.2. The molecular weight excluding hydrogens is 474 g/mol. The lowest BCUT2D eigenvalue weighted by molar-refractivity contribution is -0.155. The third kappa shape index (κ3) is 9.00. The van der Waals surface area contributed by atoms with E-state index in [0.717, 1.165) is 17.0 Å². The molecule has 0 bridgehead atoms. The van der Waals surface area contributed by atoms with Crippen molar-refractivity contribution in [2.75, 3.05) is 38.2 Å². The number of amides is 2. The van der Waals surface area contributed by atoms with Gasteiger partial charge in [0.2, 0.25) is 5.91 Å². The molecule has 37 heavy (non-hydrogen) atoms. The van der Waals surface area contributed by atoms with Crippen molar-refractivity contribution in [2.24, 2.45) is 0 Å². The number of carbonyl (C=O) groups is 3. The molecule has 1 aliphatic rings. The van der Waals surface area contributed by atoms with Crippen LogP contribution < -0.4 is 15.0 Å². The third-order valence-corrected chi connectivity index (χ3v) is 5.87. The van der Waals surface area contributed by atoms with Crippen LogP contribution in [0.4, 0.5) is 10.5 Å². The number of hydrogen-bond donors (Lipinski definition) is 1. The fourth-order valence-electron chi connectivity index (χ4n) is 4.03. The smallest absolute Gasteiger partial charge is 0.408 e. The molecule has 0 spiro atoms. The molecule has 3 rings (SSSR count). The highest BCUT2D eigenvalue weighted by Gasteiger charge is 2.30. The zero-order chi connectivity index (χ0) is 26.8. The van der Waals surface area contributed by atoms with Gasteiger partial charge in [0.1, 0.15) is 24.0 Å². The average Bonchev–Trinajstić information content (AvgIpc) is 2.89. The van der Waals surface area contributed by atoms with Crippen LogP contribution in [0.1, 0.15) is 39.2 Å². The molecular formula is C28H37N3O6. The van der Waals surface area contributed by atoms with Crippen LogP contribution in [0.15, 0.2) is 54.6 Å². The highest BCUT2D eigenvalue weighted by Crippen LogP contribution is 2.22. The van der Waals surface area contributed by atoms with Crippen LogP contribution in [0.3, 0.4) is 0 Å². The Kier molecular flexibility index (Phi) is 9.77. The number of anilines is 1. The van der Waals surface area contributed by atoms with Crippen molar-refractivity contribution in [1.29, 1.82) is 0 Å². The summed E-state index contributed by atoms with van der Waals surface area (Å²) in [5.41, 5.74) is 1.23. The summed E-state index contributed by atoms with van der Waals surface area (Å²) < 4.78 is 16.0. The van der Waals surface area contributed by atoms with Gasteiger partial charge in [0, 0.05) is 44.4 Å². The summed E-state index contributed by atoms with van der Waals surface area (Å²) in [6.07, 6.45) is -0.595. The maximum atomic E-state index is 13.4. The van der Waals surface area contributed by atoms with Gasteiger partial charge in [0.15, 0.2) is 0 Å². The van der Waals surface area contributed by atoms with Crippen molar-refractivity contribution in [3.63, 3.8) is 0 Å². The predicted molar refractivity (Wildman–Crippen MR) is 140 cm³/mol. The number of ether oxygens (including phenoxy) is 3. The highest BCUT2D eigenvalue weighted by atomic mass is 16.6. The van der Waals surface area contributed by atoms with E-state index >= 15 is 0 Å². The maximum absolute atomic E-state index is 13.4. The van der Waals surface area contributed by atoms with Crippen LogP contribution in [0, 0.1) is 0 Å². The van der Waals surface area contributed by atoms with Gasteiger partial charge < -0.3 is 29.3 Å². The van der Waals surface area contributed by atoms with Gasteiger partial charge in [-0.2, -0.15) is 0 Å². The molecule has 1 fully saturated rings. The van der Waals surface area contributed by atoms with Crippen molar-refractivity contribution in [3.05, 3.63) is 60.2 Å². The average molecular weight is 512 g/mol. The fraction of sp³-hybridized carbons (Fsp3) is 0.464. The van der Waals surface area contributed by atoms with Crippen molar-refractivity contribution < 1.29 is 28.6 Å². The van der Waals surface area contributed by atoms with Crippen LogP contribution in [0.25, 0.3) is 0 Å². The number of methoxy groups -OCH3 is 1. The van der Waals surface area contributed by atoms with Crippen molar-refractivity contribution in [3.8, 4) is 5.75 Å². The Morgan fingerprint density at radius 2 is 1.68 bits per heavy atom. The number of nitrogens with one attached hydrogen (secondary N) is 1. The summed E-state index contributed by atoms with van der Waals surface area (Å²) in [6, 6.07) is 16.2. The summed E-state index contributed by atoms with van der Waals surface area (Å²) in [5.74, 6) is 0.106. The zero-order valence-corrected chi connectivity index (χ0v) is 22.1. The summed E-state index contributed by atoms with van der Waals surface area (Å²) in [7, 11) is 1.63. The number of hydrogen-bond acceptors (Lipinski definition) is 7. The minimum atomic E-state index is -0.904. The van der Waals surface area contributed by atoms with E-state index in [-0.39, 0.29) is 25.4 Å². The van der Waals surface area contributed by atoms with Crippen molar-refractivity contribution in [2.45, 2.75) is 51.9 Å². The predicted octanol–water partition coefficient (Wildman–Crippen LogP) is 3.76.